The Morgan fingerprint density at radius 2 is 1.77 bits per heavy atom. The number of hydrogen-bond acceptors (Lipinski definition) is 3. The first-order valence-corrected chi connectivity index (χ1v) is 9.25. The molecule has 0 fully saturated rings. The molecule has 0 heterocycles. The number of rotatable bonds is 7. The van der Waals surface area contributed by atoms with Crippen LogP contribution in [0.5, 0.6) is 0 Å². The third kappa shape index (κ3) is 5.45. The average molecular weight is 407 g/mol. The summed E-state index contributed by atoms with van der Waals surface area (Å²) < 4.78 is 65.4. The van der Waals surface area contributed by atoms with E-state index in [0.29, 0.717) is 11.8 Å². The van der Waals surface area contributed by atoms with Crippen LogP contribution in [-0.4, -0.2) is 20.9 Å². The van der Waals surface area contributed by atoms with E-state index in [-0.39, 0.29) is 24.4 Å². The number of anilines is 1. The first kappa shape index (κ1) is 20.2. The Hall–Kier alpha value is -2.10. The second-order valence-electron chi connectivity index (χ2n) is 5.25. The topological polar surface area (TPSA) is 75.3 Å². The van der Waals surface area contributed by atoms with Gasteiger partial charge in [0.15, 0.2) is 0 Å². The lowest BCUT2D eigenvalue weighted by atomic mass is 10.2. The zero-order valence-electron chi connectivity index (χ0n) is 13.2. The molecule has 10 heteroatoms. The third-order valence-corrected chi connectivity index (χ3v) is 5.04. The third-order valence-electron chi connectivity index (χ3n) is 3.26. The molecule has 0 saturated heterocycles. The number of carbonyl (C=O) groups excluding carboxylic acids is 1. The molecule has 2 aromatic rings. The first-order valence-electron chi connectivity index (χ1n) is 7.38. The molecule has 5 nitrogen and oxygen atoms in total. The van der Waals surface area contributed by atoms with Crippen LogP contribution in [0.4, 0.5) is 18.9 Å². The summed E-state index contributed by atoms with van der Waals surface area (Å²) in [5.74, 6) is -3.14. The Balaban J connectivity index is 1.83. The zero-order valence-corrected chi connectivity index (χ0v) is 14.8. The van der Waals surface area contributed by atoms with E-state index in [1.807, 2.05) is 0 Å². The van der Waals surface area contributed by atoms with Gasteiger partial charge in [0.05, 0.1) is 5.02 Å². The maximum Gasteiger partial charge on any atom is 0.243 e. The first-order chi connectivity index (χ1) is 12.2. The maximum absolute atomic E-state index is 13.5. The van der Waals surface area contributed by atoms with Crippen LogP contribution in [0.3, 0.4) is 0 Å². The minimum atomic E-state index is -4.16. The highest BCUT2D eigenvalue weighted by Crippen LogP contribution is 2.19. The van der Waals surface area contributed by atoms with Crippen molar-refractivity contribution in [3.63, 3.8) is 0 Å². The monoisotopic (exact) mass is 406 g/mol. The number of benzene rings is 2. The fourth-order valence-electron chi connectivity index (χ4n) is 2.02. The van der Waals surface area contributed by atoms with E-state index < -0.39 is 38.3 Å². The van der Waals surface area contributed by atoms with Crippen molar-refractivity contribution in [2.75, 3.05) is 11.9 Å². The van der Waals surface area contributed by atoms with Crippen molar-refractivity contribution >= 4 is 33.2 Å². The molecule has 0 atom stereocenters. The van der Waals surface area contributed by atoms with Gasteiger partial charge in [-0.25, -0.2) is 26.3 Å². The van der Waals surface area contributed by atoms with E-state index >= 15 is 0 Å². The molecule has 0 radical (unpaired) electrons. The van der Waals surface area contributed by atoms with Gasteiger partial charge in [-0.3, -0.25) is 4.79 Å². The Morgan fingerprint density at radius 1 is 1.04 bits per heavy atom. The van der Waals surface area contributed by atoms with Crippen LogP contribution < -0.4 is 10.0 Å². The zero-order chi connectivity index (χ0) is 19.3. The molecule has 0 saturated carbocycles. The highest BCUT2D eigenvalue weighted by Gasteiger charge is 2.19. The van der Waals surface area contributed by atoms with Crippen molar-refractivity contribution in [3.8, 4) is 0 Å². The van der Waals surface area contributed by atoms with Crippen molar-refractivity contribution in [1.82, 2.24) is 4.72 Å². The van der Waals surface area contributed by atoms with Crippen molar-refractivity contribution in [2.24, 2.45) is 0 Å². The molecule has 0 spiro atoms. The number of nitrogens with one attached hydrogen (secondary N) is 2. The van der Waals surface area contributed by atoms with E-state index in [1.165, 1.54) is 12.1 Å². The van der Waals surface area contributed by atoms with Crippen LogP contribution >= 0.6 is 11.6 Å². The lowest BCUT2D eigenvalue weighted by molar-refractivity contribution is -0.116. The molecule has 26 heavy (non-hydrogen) atoms. The van der Waals surface area contributed by atoms with Gasteiger partial charge in [-0.15, -0.1) is 0 Å². The van der Waals surface area contributed by atoms with Gasteiger partial charge in [-0.1, -0.05) is 11.6 Å². The van der Waals surface area contributed by atoms with Gasteiger partial charge in [0.1, 0.15) is 22.3 Å². The molecule has 1 amide bonds. The summed E-state index contributed by atoms with van der Waals surface area (Å²) >= 11 is 5.60. The average Bonchev–Trinajstić information content (AvgIpc) is 2.55. The van der Waals surface area contributed by atoms with Crippen LogP contribution in [-0.2, 0) is 14.8 Å². The second-order valence-corrected chi connectivity index (χ2v) is 7.40. The maximum atomic E-state index is 13.5. The van der Waals surface area contributed by atoms with Crippen molar-refractivity contribution in [2.45, 2.75) is 17.7 Å². The minimum Gasteiger partial charge on any atom is -0.326 e. The standard InChI is InChI=1S/C16H14ClF3N2O3S/c17-12-9-11(4-5-13(12)19)22-16(23)2-1-7-21-26(24,25)15-6-3-10(18)8-14(15)20/h3-6,8-9,21H,1-2,7H2,(H,22,23). The number of hydrogen-bond donors (Lipinski definition) is 2. The number of halogens is 4. The predicted octanol–water partition coefficient (Wildman–Crippen LogP) is 3.45. The molecule has 0 aliphatic heterocycles. The SMILES string of the molecule is O=C(CCCNS(=O)(=O)c1ccc(F)cc1F)Nc1ccc(F)c(Cl)c1. The molecular formula is C16H14ClF3N2O3S. The molecule has 0 aliphatic rings. The van der Waals surface area contributed by atoms with E-state index in [4.69, 9.17) is 11.6 Å². The van der Waals surface area contributed by atoms with Gasteiger partial charge in [-0.2, -0.15) is 0 Å². The quantitative estimate of drug-likeness (QED) is 0.691. The summed E-state index contributed by atoms with van der Waals surface area (Å²) in [5.41, 5.74) is 0.301. The number of sulfonamides is 1. The van der Waals surface area contributed by atoms with Crippen molar-refractivity contribution in [3.05, 3.63) is 58.9 Å². The van der Waals surface area contributed by atoms with Gasteiger partial charge >= 0.3 is 0 Å². The lowest BCUT2D eigenvalue weighted by Gasteiger charge is -2.08. The molecule has 0 bridgehead atoms. The number of amides is 1. The van der Waals surface area contributed by atoms with Gasteiger partial charge < -0.3 is 5.32 Å². The van der Waals surface area contributed by atoms with Crippen LogP contribution in [0.1, 0.15) is 12.8 Å². The predicted molar refractivity (Wildman–Crippen MR) is 90.8 cm³/mol. The van der Waals surface area contributed by atoms with Crippen molar-refractivity contribution < 1.29 is 26.4 Å². The normalized spacial score (nSPS) is 11.4. The molecule has 140 valence electrons. The summed E-state index contributed by atoms with van der Waals surface area (Å²) in [6, 6.07) is 5.80. The van der Waals surface area contributed by atoms with Crippen LogP contribution in [0, 0.1) is 17.5 Å². The molecule has 0 aromatic heterocycles. The highest BCUT2D eigenvalue weighted by molar-refractivity contribution is 7.89. The molecular weight excluding hydrogens is 393 g/mol. The van der Waals surface area contributed by atoms with E-state index in [0.717, 1.165) is 18.2 Å². The van der Waals surface area contributed by atoms with Crippen molar-refractivity contribution in [1.29, 1.82) is 0 Å². The summed E-state index contributed by atoms with van der Waals surface area (Å²) in [4.78, 5) is 11.1. The fraction of sp³-hybridized carbons (Fsp3) is 0.188. The van der Waals surface area contributed by atoms with E-state index in [1.54, 1.807) is 0 Å². The summed E-state index contributed by atoms with van der Waals surface area (Å²) in [6.07, 6.45) is 0.0895. The Labute approximate surface area is 153 Å². The number of carbonyl (C=O) groups is 1. The smallest absolute Gasteiger partial charge is 0.243 e. The van der Waals surface area contributed by atoms with E-state index in [9.17, 15) is 26.4 Å². The fourth-order valence-corrected chi connectivity index (χ4v) is 3.34. The Morgan fingerprint density at radius 3 is 2.42 bits per heavy atom. The van der Waals surface area contributed by atoms with Gasteiger partial charge in [0.2, 0.25) is 15.9 Å². The lowest BCUT2D eigenvalue weighted by Crippen LogP contribution is -2.26. The Bertz CT molecular complexity index is 923. The second kappa shape index (κ2) is 8.52. The molecule has 0 aliphatic carbocycles. The highest BCUT2D eigenvalue weighted by atomic mass is 35.5. The van der Waals surface area contributed by atoms with Gasteiger partial charge in [0, 0.05) is 24.7 Å². The molecule has 2 aromatic carbocycles. The molecule has 2 N–H and O–H groups in total. The van der Waals surface area contributed by atoms with Crippen LogP contribution in [0.2, 0.25) is 5.02 Å². The van der Waals surface area contributed by atoms with Crippen LogP contribution in [0.15, 0.2) is 41.3 Å². The minimum absolute atomic E-state index is 0.0383. The Kier molecular flexibility index (Phi) is 6.63. The summed E-state index contributed by atoms with van der Waals surface area (Å²) in [5, 5.41) is 2.34. The van der Waals surface area contributed by atoms with Gasteiger partial charge in [-0.05, 0) is 36.8 Å². The molecule has 0 unspecified atom stereocenters. The largest absolute Gasteiger partial charge is 0.326 e. The van der Waals surface area contributed by atoms with E-state index in [2.05, 4.69) is 10.0 Å². The molecule has 2 rings (SSSR count). The van der Waals surface area contributed by atoms with Gasteiger partial charge in [0.25, 0.3) is 0 Å². The summed E-state index contributed by atoms with van der Waals surface area (Å²) in [7, 11) is -4.16. The summed E-state index contributed by atoms with van der Waals surface area (Å²) in [6.45, 7) is -0.128. The van der Waals surface area contributed by atoms with Crippen LogP contribution in [0.25, 0.3) is 0 Å².